The van der Waals surface area contributed by atoms with E-state index in [0.717, 1.165) is 10.8 Å². The van der Waals surface area contributed by atoms with Crippen LogP contribution in [-0.4, -0.2) is 20.5 Å². The lowest BCUT2D eigenvalue weighted by Crippen LogP contribution is -1.95. The van der Waals surface area contributed by atoms with Gasteiger partial charge in [-0.15, -0.1) is 10.2 Å². The van der Waals surface area contributed by atoms with Crippen molar-refractivity contribution in [1.82, 2.24) is 14.8 Å². The lowest BCUT2D eigenvalue weighted by Gasteiger charge is -2.05. The van der Waals surface area contributed by atoms with E-state index in [0.29, 0.717) is 17.2 Å². The highest BCUT2D eigenvalue weighted by molar-refractivity contribution is 7.99. The van der Waals surface area contributed by atoms with Crippen LogP contribution in [-0.2, 0) is 0 Å². The second-order valence-electron chi connectivity index (χ2n) is 3.22. The maximum atomic E-state index is 8.49. The zero-order valence-electron chi connectivity index (χ0n) is 8.88. The molecule has 0 saturated carbocycles. The van der Waals surface area contributed by atoms with Crippen LogP contribution in [0.4, 0.5) is 0 Å². The second kappa shape index (κ2) is 5.71. The van der Waals surface area contributed by atoms with Gasteiger partial charge in [-0.1, -0.05) is 29.4 Å². The smallest absolute Gasteiger partial charge is 0.195 e. The van der Waals surface area contributed by atoms with Crippen LogP contribution in [0.5, 0.6) is 0 Å². The van der Waals surface area contributed by atoms with E-state index in [1.165, 1.54) is 11.8 Å². The van der Waals surface area contributed by atoms with Crippen molar-refractivity contribution >= 4 is 23.4 Å². The molecule has 0 fully saturated rings. The van der Waals surface area contributed by atoms with E-state index in [-0.39, 0.29) is 0 Å². The Balaban J connectivity index is 2.22. The van der Waals surface area contributed by atoms with Crippen LogP contribution in [0.3, 0.4) is 0 Å². The Morgan fingerprint density at radius 2 is 2.35 bits per heavy atom. The predicted molar refractivity (Wildman–Crippen MR) is 67.3 cm³/mol. The summed E-state index contributed by atoms with van der Waals surface area (Å²) in [6.45, 7) is 0. The van der Waals surface area contributed by atoms with Crippen molar-refractivity contribution in [2.24, 2.45) is 0 Å². The van der Waals surface area contributed by atoms with Crippen LogP contribution >= 0.6 is 23.4 Å². The first kappa shape index (κ1) is 12.0. The summed E-state index contributed by atoms with van der Waals surface area (Å²) in [4.78, 5) is 0. The highest BCUT2D eigenvalue weighted by Gasteiger charge is 2.06. The van der Waals surface area contributed by atoms with Crippen molar-refractivity contribution in [2.75, 3.05) is 5.75 Å². The first-order chi connectivity index (χ1) is 8.31. The monoisotopic (exact) mass is 264 g/mol. The first-order valence-corrected chi connectivity index (χ1v) is 6.33. The Hall–Kier alpha value is -1.51. The molecule has 4 nitrogen and oxygen atoms in total. The molecule has 0 amide bonds. The third-order valence-electron chi connectivity index (χ3n) is 2.05. The van der Waals surface area contributed by atoms with Crippen LogP contribution < -0.4 is 0 Å². The summed E-state index contributed by atoms with van der Waals surface area (Å²) in [5.41, 5.74) is 0.918. The summed E-state index contributed by atoms with van der Waals surface area (Å²) < 4.78 is 1.86. The van der Waals surface area contributed by atoms with Crippen LogP contribution in [0, 0.1) is 11.3 Å². The second-order valence-corrected chi connectivity index (χ2v) is 4.72. The number of halogens is 1. The summed E-state index contributed by atoms with van der Waals surface area (Å²) in [5.74, 6) is 0.704. The van der Waals surface area contributed by atoms with Crippen molar-refractivity contribution in [3.63, 3.8) is 0 Å². The van der Waals surface area contributed by atoms with Gasteiger partial charge in [0.25, 0.3) is 0 Å². The molecule has 0 aliphatic carbocycles. The topological polar surface area (TPSA) is 54.5 Å². The Morgan fingerprint density at radius 1 is 1.47 bits per heavy atom. The number of aromatic nitrogens is 3. The molecule has 0 radical (unpaired) electrons. The van der Waals surface area contributed by atoms with Gasteiger partial charge in [0, 0.05) is 17.2 Å². The van der Waals surface area contributed by atoms with Crippen molar-refractivity contribution in [3.8, 4) is 11.8 Å². The molecule has 6 heteroatoms. The van der Waals surface area contributed by atoms with Gasteiger partial charge >= 0.3 is 0 Å². The molecular formula is C11H9ClN4S. The molecular weight excluding hydrogens is 256 g/mol. The number of nitriles is 1. The molecule has 2 rings (SSSR count). The predicted octanol–water partition coefficient (Wildman–Crippen LogP) is 2.93. The third-order valence-corrected chi connectivity index (χ3v) is 3.23. The third kappa shape index (κ3) is 2.99. The summed E-state index contributed by atoms with van der Waals surface area (Å²) in [6.07, 6.45) is 2.13. The maximum absolute atomic E-state index is 8.49. The van der Waals surface area contributed by atoms with Crippen molar-refractivity contribution in [1.29, 1.82) is 5.26 Å². The molecule has 0 saturated heterocycles. The van der Waals surface area contributed by atoms with Gasteiger partial charge in [-0.3, -0.25) is 4.57 Å². The van der Waals surface area contributed by atoms with E-state index in [2.05, 4.69) is 16.3 Å². The van der Waals surface area contributed by atoms with Crippen molar-refractivity contribution in [2.45, 2.75) is 11.6 Å². The Kier molecular flexibility index (Phi) is 4.02. The molecule has 1 heterocycles. The quantitative estimate of drug-likeness (QED) is 0.629. The highest BCUT2D eigenvalue weighted by Crippen LogP contribution is 2.21. The number of hydrogen-bond acceptors (Lipinski definition) is 4. The zero-order chi connectivity index (χ0) is 12.1. The summed E-state index contributed by atoms with van der Waals surface area (Å²) in [7, 11) is 0. The normalized spacial score (nSPS) is 10.1. The van der Waals surface area contributed by atoms with E-state index in [4.69, 9.17) is 16.9 Å². The maximum Gasteiger partial charge on any atom is 0.195 e. The molecule has 0 atom stereocenters. The largest absolute Gasteiger partial charge is 0.277 e. The zero-order valence-corrected chi connectivity index (χ0v) is 10.4. The van der Waals surface area contributed by atoms with Gasteiger partial charge in [-0.2, -0.15) is 5.26 Å². The molecule has 1 aromatic heterocycles. The van der Waals surface area contributed by atoms with E-state index < -0.39 is 0 Å². The molecule has 17 heavy (non-hydrogen) atoms. The number of benzene rings is 1. The molecule has 1 aromatic carbocycles. The number of rotatable bonds is 4. The van der Waals surface area contributed by atoms with E-state index >= 15 is 0 Å². The van der Waals surface area contributed by atoms with Crippen molar-refractivity contribution in [3.05, 3.63) is 35.6 Å². The fourth-order valence-corrected chi connectivity index (χ4v) is 2.27. The first-order valence-electron chi connectivity index (χ1n) is 4.97. The van der Waals surface area contributed by atoms with Crippen LogP contribution in [0.25, 0.3) is 5.69 Å². The SMILES string of the molecule is N#CCCSc1nncn1-c1cccc(Cl)c1. The van der Waals surface area contributed by atoms with Crippen LogP contribution in [0.2, 0.25) is 5.02 Å². The van der Waals surface area contributed by atoms with E-state index in [1.807, 2.05) is 28.8 Å². The molecule has 0 unspecified atom stereocenters. The summed E-state index contributed by atoms with van der Waals surface area (Å²) in [5, 5.41) is 17.8. The van der Waals surface area contributed by atoms with Crippen LogP contribution in [0.1, 0.15) is 6.42 Å². The van der Waals surface area contributed by atoms with E-state index in [9.17, 15) is 0 Å². The Labute approximate surface area is 108 Å². The molecule has 86 valence electrons. The molecule has 2 aromatic rings. The minimum absolute atomic E-state index is 0.493. The van der Waals surface area contributed by atoms with Crippen molar-refractivity contribution < 1.29 is 0 Å². The van der Waals surface area contributed by atoms with Gasteiger partial charge in [0.1, 0.15) is 6.33 Å². The standard InChI is InChI=1S/C11H9ClN4S/c12-9-3-1-4-10(7-9)16-8-14-15-11(16)17-6-2-5-13/h1,3-4,7-8H,2,6H2. The van der Waals surface area contributed by atoms with E-state index in [1.54, 1.807) is 6.33 Å². The minimum Gasteiger partial charge on any atom is -0.277 e. The average molecular weight is 265 g/mol. The lowest BCUT2D eigenvalue weighted by molar-refractivity contribution is 0.883. The average Bonchev–Trinajstić information content (AvgIpc) is 2.78. The summed E-state index contributed by atoms with van der Waals surface area (Å²) in [6, 6.07) is 9.57. The van der Waals surface area contributed by atoms with Gasteiger partial charge in [0.15, 0.2) is 5.16 Å². The summed E-state index contributed by atoms with van der Waals surface area (Å²) >= 11 is 7.44. The van der Waals surface area contributed by atoms with Gasteiger partial charge < -0.3 is 0 Å². The Morgan fingerprint density at radius 3 is 3.12 bits per heavy atom. The molecule has 0 N–H and O–H groups in total. The fraction of sp³-hybridized carbons (Fsp3) is 0.182. The molecule has 0 aliphatic rings. The van der Waals surface area contributed by atoms with Gasteiger partial charge in [-0.05, 0) is 18.2 Å². The molecule has 0 aliphatic heterocycles. The highest BCUT2D eigenvalue weighted by atomic mass is 35.5. The number of nitrogens with zero attached hydrogens (tertiary/aromatic N) is 4. The fourth-order valence-electron chi connectivity index (χ4n) is 1.31. The number of thioether (sulfide) groups is 1. The Bertz CT molecular complexity index is 546. The number of hydrogen-bond donors (Lipinski definition) is 0. The van der Waals surface area contributed by atoms with Gasteiger partial charge in [0.05, 0.1) is 11.8 Å². The lowest BCUT2D eigenvalue weighted by atomic mass is 10.3. The van der Waals surface area contributed by atoms with Gasteiger partial charge in [0.2, 0.25) is 0 Å². The van der Waals surface area contributed by atoms with Gasteiger partial charge in [-0.25, -0.2) is 0 Å². The molecule has 0 bridgehead atoms. The van der Waals surface area contributed by atoms with Crippen LogP contribution in [0.15, 0.2) is 35.7 Å². The molecule has 0 spiro atoms. The minimum atomic E-state index is 0.493.